The largest absolute Gasteiger partial charge is 0.382 e. The van der Waals surface area contributed by atoms with Crippen LogP contribution in [-0.2, 0) is 9.59 Å². The lowest BCUT2D eigenvalue weighted by Gasteiger charge is -2.27. The minimum Gasteiger partial charge on any atom is -0.382 e. The van der Waals surface area contributed by atoms with E-state index in [0.29, 0.717) is 17.2 Å². The van der Waals surface area contributed by atoms with Gasteiger partial charge < -0.3 is 10.6 Å². The van der Waals surface area contributed by atoms with Crippen LogP contribution in [0.15, 0.2) is 18.2 Å². The second-order valence-electron chi connectivity index (χ2n) is 7.23. The number of carbonyl (C=O) groups excluding carboxylic acids is 4. The van der Waals surface area contributed by atoms with Gasteiger partial charge in [0.05, 0.1) is 11.1 Å². The second-order valence-corrected chi connectivity index (χ2v) is 7.23. The number of hydrogen-bond donors (Lipinski definition) is 3. The first kappa shape index (κ1) is 17.7. The van der Waals surface area contributed by atoms with E-state index in [1.165, 1.54) is 0 Å². The summed E-state index contributed by atoms with van der Waals surface area (Å²) >= 11 is 0. The van der Waals surface area contributed by atoms with Gasteiger partial charge in [-0.15, -0.1) is 0 Å². The van der Waals surface area contributed by atoms with Crippen molar-refractivity contribution in [3.63, 3.8) is 0 Å². The van der Waals surface area contributed by atoms with Crippen molar-refractivity contribution in [1.82, 2.24) is 15.5 Å². The van der Waals surface area contributed by atoms with Gasteiger partial charge in [0.2, 0.25) is 11.8 Å². The number of amides is 4. The lowest BCUT2D eigenvalue weighted by Crippen LogP contribution is -2.54. The van der Waals surface area contributed by atoms with Crippen LogP contribution in [0.2, 0.25) is 0 Å². The fourth-order valence-electron chi connectivity index (χ4n) is 3.96. The first-order valence-corrected chi connectivity index (χ1v) is 9.37. The SMILES string of the molecule is O=C1CCC(N2C(=O)c3ccc(NC4CCCNCC4)cc3C2=O)C(=O)N1. The molecule has 3 N–H and O–H groups in total. The summed E-state index contributed by atoms with van der Waals surface area (Å²) in [5.41, 5.74) is 1.41. The number of anilines is 1. The van der Waals surface area contributed by atoms with Crippen LogP contribution in [-0.4, -0.2) is 53.7 Å². The lowest BCUT2D eigenvalue weighted by atomic mass is 10.0. The number of imide groups is 2. The molecule has 0 aliphatic carbocycles. The van der Waals surface area contributed by atoms with Crippen LogP contribution in [0, 0.1) is 0 Å². The molecule has 2 atom stereocenters. The van der Waals surface area contributed by atoms with Crippen LogP contribution >= 0.6 is 0 Å². The number of nitrogens with one attached hydrogen (secondary N) is 3. The average molecular weight is 370 g/mol. The molecule has 0 radical (unpaired) electrons. The van der Waals surface area contributed by atoms with E-state index in [0.717, 1.165) is 42.9 Å². The zero-order valence-electron chi connectivity index (χ0n) is 14.9. The van der Waals surface area contributed by atoms with E-state index in [4.69, 9.17) is 0 Å². The molecule has 8 heteroatoms. The highest BCUT2D eigenvalue weighted by atomic mass is 16.2. The van der Waals surface area contributed by atoms with E-state index >= 15 is 0 Å². The molecule has 0 bridgehead atoms. The maximum atomic E-state index is 12.8. The molecule has 1 aromatic carbocycles. The fraction of sp³-hybridized carbons (Fsp3) is 0.474. The first-order valence-electron chi connectivity index (χ1n) is 9.37. The maximum absolute atomic E-state index is 12.8. The van der Waals surface area contributed by atoms with Crippen molar-refractivity contribution in [3.05, 3.63) is 29.3 Å². The molecule has 0 saturated carbocycles. The third-order valence-corrected chi connectivity index (χ3v) is 5.39. The number of nitrogens with zero attached hydrogens (tertiary/aromatic N) is 1. The van der Waals surface area contributed by atoms with Gasteiger partial charge in [0.15, 0.2) is 0 Å². The van der Waals surface area contributed by atoms with Gasteiger partial charge in [0, 0.05) is 18.2 Å². The third-order valence-electron chi connectivity index (χ3n) is 5.39. The van der Waals surface area contributed by atoms with Crippen molar-refractivity contribution < 1.29 is 19.2 Å². The molecular formula is C19H22N4O4. The Morgan fingerprint density at radius 1 is 0.963 bits per heavy atom. The summed E-state index contributed by atoms with van der Waals surface area (Å²) < 4.78 is 0. The minimum absolute atomic E-state index is 0.117. The number of benzene rings is 1. The van der Waals surface area contributed by atoms with Gasteiger partial charge in [-0.2, -0.15) is 0 Å². The third kappa shape index (κ3) is 3.32. The summed E-state index contributed by atoms with van der Waals surface area (Å²) in [5.74, 6) is -1.92. The predicted molar refractivity (Wildman–Crippen MR) is 97.2 cm³/mol. The highest BCUT2D eigenvalue weighted by Gasteiger charge is 2.44. The van der Waals surface area contributed by atoms with Gasteiger partial charge in [0.1, 0.15) is 6.04 Å². The van der Waals surface area contributed by atoms with Gasteiger partial charge in [-0.3, -0.25) is 29.4 Å². The zero-order valence-corrected chi connectivity index (χ0v) is 14.9. The molecule has 3 heterocycles. The second kappa shape index (κ2) is 7.11. The fourth-order valence-corrected chi connectivity index (χ4v) is 3.96. The summed E-state index contributed by atoms with van der Waals surface area (Å²) in [6.07, 6.45) is 3.40. The molecular weight excluding hydrogens is 348 g/mol. The van der Waals surface area contributed by atoms with E-state index in [-0.39, 0.29) is 18.7 Å². The lowest BCUT2D eigenvalue weighted by molar-refractivity contribution is -0.136. The van der Waals surface area contributed by atoms with Crippen LogP contribution in [0.4, 0.5) is 5.69 Å². The van der Waals surface area contributed by atoms with Crippen LogP contribution in [0.25, 0.3) is 0 Å². The van der Waals surface area contributed by atoms with Gasteiger partial charge in [0.25, 0.3) is 11.8 Å². The van der Waals surface area contributed by atoms with Gasteiger partial charge in [-0.05, 0) is 57.0 Å². The average Bonchev–Trinajstić information content (AvgIpc) is 2.82. The molecule has 27 heavy (non-hydrogen) atoms. The Bertz CT molecular complexity index is 814. The summed E-state index contributed by atoms with van der Waals surface area (Å²) in [6.45, 7) is 1.96. The van der Waals surface area contributed by atoms with E-state index in [1.54, 1.807) is 18.2 Å². The van der Waals surface area contributed by atoms with E-state index in [1.807, 2.05) is 0 Å². The Labute approximate surface area is 156 Å². The number of piperidine rings is 1. The van der Waals surface area contributed by atoms with Crippen molar-refractivity contribution in [1.29, 1.82) is 0 Å². The summed E-state index contributed by atoms with van der Waals surface area (Å²) in [6, 6.07) is 4.52. The van der Waals surface area contributed by atoms with Crippen LogP contribution < -0.4 is 16.0 Å². The Morgan fingerprint density at radius 3 is 2.59 bits per heavy atom. The maximum Gasteiger partial charge on any atom is 0.262 e. The van der Waals surface area contributed by atoms with Crippen molar-refractivity contribution in [2.75, 3.05) is 18.4 Å². The van der Waals surface area contributed by atoms with Gasteiger partial charge in [-0.25, -0.2) is 0 Å². The van der Waals surface area contributed by atoms with Crippen molar-refractivity contribution in [3.8, 4) is 0 Å². The number of fused-ring (bicyclic) bond motifs is 1. The Hall–Kier alpha value is -2.74. The number of hydrogen-bond acceptors (Lipinski definition) is 6. The molecule has 4 rings (SSSR count). The van der Waals surface area contributed by atoms with E-state index in [2.05, 4.69) is 16.0 Å². The van der Waals surface area contributed by atoms with Gasteiger partial charge in [-0.1, -0.05) is 0 Å². The molecule has 2 fully saturated rings. The smallest absolute Gasteiger partial charge is 0.262 e. The molecule has 2 unspecified atom stereocenters. The van der Waals surface area contributed by atoms with Crippen LogP contribution in [0.3, 0.4) is 0 Å². The highest BCUT2D eigenvalue weighted by Crippen LogP contribution is 2.30. The summed E-state index contributed by atoms with van der Waals surface area (Å²) in [7, 11) is 0. The Kier molecular flexibility index (Phi) is 4.65. The minimum atomic E-state index is -0.931. The van der Waals surface area contributed by atoms with Crippen molar-refractivity contribution >= 4 is 29.3 Å². The molecule has 142 valence electrons. The van der Waals surface area contributed by atoms with Crippen LogP contribution in [0.5, 0.6) is 0 Å². The normalized spacial score (nSPS) is 25.9. The molecule has 4 amide bonds. The molecule has 0 spiro atoms. The molecule has 3 aliphatic rings. The molecule has 0 aromatic heterocycles. The summed E-state index contributed by atoms with van der Waals surface area (Å²) in [5, 5.41) is 9.01. The Morgan fingerprint density at radius 2 is 1.78 bits per heavy atom. The van der Waals surface area contributed by atoms with E-state index < -0.39 is 23.8 Å². The van der Waals surface area contributed by atoms with Crippen molar-refractivity contribution in [2.45, 2.75) is 44.2 Å². The van der Waals surface area contributed by atoms with Gasteiger partial charge >= 0.3 is 0 Å². The van der Waals surface area contributed by atoms with Crippen LogP contribution in [0.1, 0.15) is 52.8 Å². The summed E-state index contributed by atoms with van der Waals surface area (Å²) in [4.78, 5) is 50.0. The standard InChI is InChI=1S/C19H22N4O4/c24-16-6-5-15(17(25)22-16)23-18(26)13-4-3-12(10-14(13)19(23)27)21-11-2-1-8-20-9-7-11/h3-4,10-11,15,20-21H,1-2,5-9H2,(H,22,24,25). The highest BCUT2D eigenvalue weighted by molar-refractivity contribution is 6.23. The van der Waals surface area contributed by atoms with Crippen molar-refractivity contribution in [2.24, 2.45) is 0 Å². The Balaban J connectivity index is 1.54. The predicted octanol–water partition coefficient (Wildman–Crippen LogP) is 0.642. The molecule has 8 nitrogen and oxygen atoms in total. The molecule has 3 aliphatic heterocycles. The molecule has 2 saturated heterocycles. The number of rotatable bonds is 3. The quantitative estimate of drug-likeness (QED) is 0.674. The topological polar surface area (TPSA) is 108 Å². The zero-order chi connectivity index (χ0) is 19.0. The van der Waals surface area contributed by atoms with E-state index in [9.17, 15) is 19.2 Å². The monoisotopic (exact) mass is 370 g/mol. The first-order chi connectivity index (χ1) is 13.0. The number of carbonyl (C=O) groups is 4. The molecule has 1 aromatic rings.